The summed E-state index contributed by atoms with van der Waals surface area (Å²) in [5, 5.41) is 17.9. The van der Waals surface area contributed by atoms with Crippen molar-refractivity contribution in [2.45, 2.75) is 0 Å². The van der Waals surface area contributed by atoms with Gasteiger partial charge >= 0.3 is 7.12 Å². The van der Waals surface area contributed by atoms with Gasteiger partial charge in [0.05, 0.1) is 13.4 Å². The number of rotatable bonds is 3. The summed E-state index contributed by atoms with van der Waals surface area (Å²) in [4.78, 5) is 0. The first-order valence-corrected chi connectivity index (χ1v) is 4.80. The Morgan fingerprint density at radius 3 is 2.62 bits per heavy atom. The summed E-state index contributed by atoms with van der Waals surface area (Å²) in [5.74, 6) is 0.710. The molecule has 0 aliphatic carbocycles. The molecule has 4 nitrogen and oxygen atoms in total. The first-order chi connectivity index (χ1) is 7.72. The van der Waals surface area contributed by atoms with Gasteiger partial charge in [-0.1, -0.05) is 18.2 Å². The highest BCUT2D eigenvalue weighted by Crippen LogP contribution is 2.29. The van der Waals surface area contributed by atoms with E-state index in [-0.39, 0.29) is 5.66 Å². The molecule has 0 aliphatic heterocycles. The number of methoxy groups -OCH3 is 1. The van der Waals surface area contributed by atoms with Crippen molar-refractivity contribution in [2.75, 3.05) is 7.11 Å². The van der Waals surface area contributed by atoms with E-state index in [1.807, 2.05) is 24.3 Å². The van der Waals surface area contributed by atoms with E-state index in [4.69, 9.17) is 19.2 Å². The Morgan fingerprint density at radius 1 is 1.25 bits per heavy atom. The number of ether oxygens (including phenoxy) is 1. The normalized spacial score (nSPS) is 10.2. The number of para-hydroxylation sites is 1. The Kier molecular flexibility index (Phi) is 2.98. The zero-order chi connectivity index (χ0) is 11.5. The molecule has 0 radical (unpaired) electrons. The fourth-order valence-electron chi connectivity index (χ4n) is 1.51. The zero-order valence-electron chi connectivity index (χ0n) is 8.75. The van der Waals surface area contributed by atoms with E-state index in [9.17, 15) is 0 Å². The van der Waals surface area contributed by atoms with Crippen LogP contribution in [0.25, 0.3) is 11.1 Å². The Bertz CT molecular complexity index is 478. The molecule has 0 spiro atoms. The molecular formula is C11H11BO4. The lowest BCUT2D eigenvalue weighted by Gasteiger charge is -2.04. The third-order valence-electron chi connectivity index (χ3n) is 2.29. The van der Waals surface area contributed by atoms with E-state index in [2.05, 4.69) is 0 Å². The molecule has 1 aromatic heterocycles. The Labute approximate surface area is 93.2 Å². The molecule has 1 aromatic carbocycles. The number of hydrogen-bond acceptors (Lipinski definition) is 4. The highest BCUT2D eigenvalue weighted by molar-refractivity contribution is 6.57. The summed E-state index contributed by atoms with van der Waals surface area (Å²) < 4.78 is 10.2. The zero-order valence-corrected chi connectivity index (χ0v) is 8.75. The van der Waals surface area contributed by atoms with Gasteiger partial charge < -0.3 is 19.2 Å². The summed E-state index contributed by atoms with van der Waals surface area (Å²) in [6.07, 6.45) is 1.46. The molecule has 82 valence electrons. The molecule has 0 saturated carbocycles. The summed E-state index contributed by atoms with van der Waals surface area (Å²) >= 11 is 0. The minimum Gasteiger partial charge on any atom is -0.496 e. The number of furan rings is 1. The summed E-state index contributed by atoms with van der Waals surface area (Å²) in [6, 6.07) is 9.02. The fraction of sp³-hybridized carbons (Fsp3) is 0.0909. The predicted octanol–water partition coefficient (Wildman–Crippen LogP) is 0.635. The number of benzene rings is 1. The van der Waals surface area contributed by atoms with Crippen molar-refractivity contribution in [3.8, 4) is 16.9 Å². The van der Waals surface area contributed by atoms with E-state index in [0.717, 1.165) is 11.1 Å². The van der Waals surface area contributed by atoms with Gasteiger partial charge in [0.15, 0.2) is 0 Å². The van der Waals surface area contributed by atoms with Crippen molar-refractivity contribution in [3.05, 3.63) is 36.6 Å². The van der Waals surface area contributed by atoms with E-state index in [1.165, 1.54) is 6.26 Å². The highest BCUT2D eigenvalue weighted by atomic mass is 16.5. The van der Waals surface area contributed by atoms with Gasteiger partial charge in [0.1, 0.15) is 11.4 Å². The Balaban J connectivity index is 2.42. The van der Waals surface area contributed by atoms with Gasteiger partial charge in [0.2, 0.25) is 0 Å². The molecule has 0 saturated heterocycles. The average Bonchev–Trinajstić information content (AvgIpc) is 2.78. The van der Waals surface area contributed by atoms with Crippen molar-refractivity contribution in [1.82, 2.24) is 0 Å². The minimum absolute atomic E-state index is 0.112. The van der Waals surface area contributed by atoms with Crippen molar-refractivity contribution < 1.29 is 19.2 Å². The van der Waals surface area contributed by atoms with Crippen LogP contribution in [0.1, 0.15) is 0 Å². The topological polar surface area (TPSA) is 62.8 Å². The van der Waals surface area contributed by atoms with Crippen LogP contribution in [0, 0.1) is 0 Å². The maximum Gasteiger partial charge on any atom is 0.526 e. The predicted molar refractivity (Wildman–Crippen MR) is 60.5 cm³/mol. The highest BCUT2D eigenvalue weighted by Gasteiger charge is 2.17. The molecule has 16 heavy (non-hydrogen) atoms. The second kappa shape index (κ2) is 4.43. The van der Waals surface area contributed by atoms with Gasteiger partial charge in [-0.2, -0.15) is 0 Å². The molecule has 0 aliphatic rings. The monoisotopic (exact) mass is 218 g/mol. The third-order valence-corrected chi connectivity index (χ3v) is 2.29. The quantitative estimate of drug-likeness (QED) is 0.742. The van der Waals surface area contributed by atoms with Crippen molar-refractivity contribution in [1.29, 1.82) is 0 Å². The third kappa shape index (κ3) is 1.96. The molecule has 2 rings (SSSR count). The lowest BCUT2D eigenvalue weighted by atomic mass is 9.87. The smallest absolute Gasteiger partial charge is 0.496 e. The van der Waals surface area contributed by atoms with Gasteiger partial charge in [0.25, 0.3) is 0 Å². The van der Waals surface area contributed by atoms with Crippen molar-refractivity contribution >= 4 is 12.8 Å². The molecule has 0 fully saturated rings. The fourth-order valence-corrected chi connectivity index (χ4v) is 1.51. The van der Waals surface area contributed by atoms with Crippen LogP contribution in [-0.2, 0) is 0 Å². The molecule has 0 atom stereocenters. The largest absolute Gasteiger partial charge is 0.526 e. The van der Waals surface area contributed by atoms with Gasteiger partial charge in [-0.25, -0.2) is 0 Å². The van der Waals surface area contributed by atoms with E-state index >= 15 is 0 Å². The standard InChI is InChI=1S/C11H11BO4/c1-15-10-5-3-2-4-9(10)8-6-11(12(13)14)16-7-8/h2-7,13-14H,1H3. The van der Waals surface area contributed by atoms with Crippen LogP contribution in [0.4, 0.5) is 0 Å². The van der Waals surface area contributed by atoms with Crippen LogP contribution in [0.2, 0.25) is 0 Å². The maximum atomic E-state index is 8.94. The SMILES string of the molecule is COc1ccccc1-c1coc(B(O)O)c1. The molecule has 2 N–H and O–H groups in total. The first-order valence-electron chi connectivity index (χ1n) is 4.80. The van der Waals surface area contributed by atoms with Crippen LogP contribution in [0.3, 0.4) is 0 Å². The van der Waals surface area contributed by atoms with Crippen LogP contribution < -0.4 is 10.4 Å². The minimum atomic E-state index is -1.59. The first kappa shape index (κ1) is 10.8. The lowest BCUT2D eigenvalue weighted by molar-refractivity contribution is 0.409. The Hall–Kier alpha value is -1.72. The van der Waals surface area contributed by atoms with Gasteiger partial charge in [-0.3, -0.25) is 0 Å². The van der Waals surface area contributed by atoms with E-state index < -0.39 is 7.12 Å². The van der Waals surface area contributed by atoms with Gasteiger partial charge in [-0.05, 0) is 12.1 Å². The van der Waals surface area contributed by atoms with Crippen molar-refractivity contribution in [2.24, 2.45) is 0 Å². The van der Waals surface area contributed by atoms with E-state index in [1.54, 1.807) is 13.2 Å². The Morgan fingerprint density at radius 2 is 2.00 bits per heavy atom. The van der Waals surface area contributed by atoms with E-state index in [0.29, 0.717) is 5.75 Å². The van der Waals surface area contributed by atoms with Crippen LogP contribution in [0.5, 0.6) is 5.75 Å². The van der Waals surface area contributed by atoms with Gasteiger partial charge in [-0.15, -0.1) is 0 Å². The van der Waals surface area contributed by atoms with Crippen LogP contribution >= 0.6 is 0 Å². The van der Waals surface area contributed by atoms with Crippen molar-refractivity contribution in [3.63, 3.8) is 0 Å². The molecule has 0 amide bonds. The molecule has 0 unspecified atom stereocenters. The molecule has 2 aromatic rings. The maximum absolute atomic E-state index is 8.94. The number of hydrogen-bond donors (Lipinski definition) is 2. The summed E-state index contributed by atoms with van der Waals surface area (Å²) in [7, 11) is -0.00998. The average molecular weight is 218 g/mol. The second-order valence-corrected chi connectivity index (χ2v) is 3.31. The molecule has 1 heterocycles. The molecular weight excluding hydrogens is 207 g/mol. The lowest BCUT2D eigenvalue weighted by Crippen LogP contribution is -2.27. The van der Waals surface area contributed by atoms with Gasteiger partial charge in [0, 0.05) is 11.1 Å². The second-order valence-electron chi connectivity index (χ2n) is 3.31. The summed E-state index contributed by atoms with van der Waals surface area (Å²) in [6.45, 7) is 0. The molecule has 0 bridgehead atoms. The molecule has 5 heteroatoms. The summed E-state index contributed by atoms with van der Waals surface area (Å²) in [5.41, 5.74) is 1.71. The van der Waals surface area contributed by atoms with Crippen LogP contribution in [0.15, 0.2) is 41.0 Å². The van der Waals surface area contributed by atoms with Crippen LogP contribution in [-0.4, -0.2) is 24.3 Å².